The van der Waals surface area contributed by atoms with E-state index in [1.807, 2.05) is 75.9 Å². The van der Waals surface area contributed by atoms with Crippen molar-refractivity contribution in [2.45, 2.75) is 136 Å². The van der Waals surface area contributed by atoms with Gasteiger partial charge in [-0.1, -0.05) is 128 Å². The number of nitrogens with one attached hydrogen (secondary N) is 3. The Morgan fingerprint density at radius 3 is 1.89 bits per heavy atom. The van der Waals surface area contributed by atoms with Crippen LogP contribution in [0.25, 0.3) is 0 Å². The van der Waals surface area contributed by atoms with E-state index in [2.05, 4.69) is 66.2 Å². The first-order valence-electron chi connectivity index (χ1n) is 22.6. The minimum atomic E-state index is -5.08. The van der Waals surface area contributed by atoms with Gasteiger partial charge in [0.15, 0.2) is 0 Å². The normalized spacial score (nSPS) is 17.8. The number of carbonyl (C=O) groups excluding carboxylic acids is 4. The zero-order valence-electron chi connectivity index (χ0n) is 40.1. The van der Waals surface area contributed by atoms with Crippen LogP contribution in [0.1, 0.15) is 85.3 Å². The summed E-state index contributed by atoms with van der Waals surface area (Å²) >= 11 is 0. The lowest BCUT2D eigenvalue weighted by Gasteiger charge is -2.41. The molecule has 0 saturated carbocycles. The molecule has 2 aromatic carbocycles. The van der Waals surface area contributed by atoms with Crippen molar-refractivity contribution in [3.05, 3.63) is 83.9 Å². The van der Waals surface area contributed by atoms with Gasteiger partial charge in [-0.3, -0.25) is 19.2 Å². The van der Waals surface area contributed by atoms with Crippen LogP contribution >= 0.6 is 0 Å². The van der Waals surface area contributed by atoms with Gasteiger partial charge in [-0.05, 0) is 61.6 Å². The second-order valence-electron chi connectivity index (χ2n) is 17.6. The van der Waals surface area contributed by atoms with E-state index in [1.165, 1.54) is 5.56 Å². The van der Waals surface area contributed by atoms with Crippen LogP contribution in [0, 0.1) is 23.7 Å². The van der Waals surface area contributed by atoms with Crippen LogP contribution in [-0.4, -0.2) is 128 Å². The molecule has 0 bridgehead atoms. The SMILES string of the molecule is CC[C@H](C)[C@@H]([C@@H](CC(=O)N1CCC[C@H]1[C@H](OC)[C@@H](C)C(=O)N[C@H](/C=C\Cc1ccccc1)Cc1ccccc1)OC)N(C)C(=O)[C@@H](NC(=O)[C@@H](NC)C(C)C)C(C)C.O=C(O)C(F)(F)F. The van der Waals surface area contributed by atoms with E-state index in [-0.39, 0.29) is 59.9 Å². The number of halogens is 3. The van der Waals surface area contributed by atoms with Crippen molar-refractivity contribution in [1.82, 2.24) is 25.8 Å². The average Bonchev–Trinajstić information content (AvgIpc) is 3.75. The fourth-order valence-corrected chi connectivity index (χ4v) is 8.38. The number of carbonyl (C=O) groups is 5. The van der Waals surface area contributed by atoms with Crippen LogP contribution in [0.2, 0.25) is 0 Å². The van der Waals surface area contributed by atoms with Crippen LogP contribution in [-0.2, 0) is 46.3 Å². The summed E-state index contributed by atoms with van der Waals surface area (Å²) in [4.78, 5) is 68.3. The van der Waals surface area contributed by atoms with Crippen molar-refractivity contribution >= 4 is 29.6 Å². The van der Waals surface area contributed by atoms with Gasteiger partial charge in [0.25, 0.3) is 0 Å². The monoisotopic (exact) mass is 918 g/mol. The number of alkyl halides is 3. The van der Waals surface area contributed by atoms with Crippen molar-refractivity contribution < 1.29 is 51.7 Å². The summed E-state index contributed by atoms with van der Waals surface area (Å²) in [6.07, 6.45) is 1.64. The maximum Gasteiger partial charge on any atom is 0.490 e. The van der Waals surface area contributed by atoms with Gasteiger partial charge < -0.3 is 40.3 Å². The molecule has 0 aliphatic carbocycles. The average molecular weight is 918 g/mol. The van der Waals surface area contributed by atoms with Crippen molar-refractivity contribution in [3.8, 4) is 0 Å². The van der Waals surface area contributed by atoms with E-state index in [0.717, 1.165) is 24.8 Å². The number of carboxylic acids is 1. The zero-order valence-corrected chi connectivity index (χ0v) is 40.1. The molecule has 13 nitrogen and oxygen atoms in total. The molecule has 65 heavy (non-hydrogen) atoms. The van der Waals surface area contributed by atoms with Gasteiger partial charge in [0.05, 0.1) is 48.7 Å². The van der Waals surface area contributed by atoms with E-state index < -0.39 is 48.4 Å². The number of amides is 4. The number of benzene rings is 2. The van der Waals surface area contributed by atoms with Gasteiger partial charge in [0.1, 0.15) is 6.04 Å². The van der Waals surface area contributed by atoms with Gasteiger partial charge >= 0.3 is 12.1 Å². The number of ether oxygens (including phenoxy) is 2. The first-order chi connectivity index (χ1) is 30.6. The molecule has 0 radical (unpaired) electrons. The number of allylic oxidation sites excluding steroid dienone is 1. The smallest absolute Gasteiger partial charge is 0.475 e. The van der Waals surface area contributed by atoms with E-state index in [0.29, 0.717) is 19.4 Å². The van der Waals surface area contributed by atoms with E-state index in [1.54, 1.807) is 33.2 Å². The Morgan fingerprint density at radius 1 is 0.862 bits per heavy atom. The molecule has 0 aromatic heterocycles. The van der Waals surface area contributed by atoms with E-state index >= 15 is 0 Å². The fourth-order valence-electron chi connectivity index (χ4n) is 8.38. The molecule has 16 heteroatoms. The highest BCUT2D eigenvalue weighted by Gasteiger charge is 2.43. The summed E-state index contributed by atoms with van der Waals surface area (Å²) in [6, 6.07) is 18.2. The number of likely N-dealkylation sites (tertiary alicyclic amines) is 1. The summed E-state index contributed by atoms with van der Waals surface area (Å²) < 4.78 is 43.9. The third-order valence-electron chi connectivity index (χ3n) is 12.2. The summed E-state index contributed by atoms with van der Waals surface area (Å²) in [5.74, 6) is -4.12. The second-order valence-corrected chi connectivity index (χ2v) is 17.6. The van der Waals surface area contributed by atoms with Crippen molar-refractivity contribution in [3.63, 3.8) is 0 Å². The van der Waals surface area contributed by atoms with Crippen molar-refractivity contribution in [2.75, 3.05) is 34.9 Å². The number of hydrogen-bond acceptors (Lipinski definition) is 8. The quantitative estimate of drug-likeness (QED) is 0.0917. The third kappa shape index (κ3) is 17.5. The first-order valence-corrected chi connectivity index (χ1v) is 22.6. The minimum Gasteiger partial charge on any atom is -0.475 e. The minimum absolute atomic E-state index is 0.00803. The number of nitrogens with zero attached hydrogens (tertiary/aromatic N) is 2. The van der Waals surface area contributed by atoms with Crippen LogP contribution < -0.4 is 16.0 Å². The van der Waals surface area contributed by atoms with Crippen LogP contribution in [0.4, 0.5) is 13.2 Å². The molecule has 0 spiro atoms. The third-order valence-corrected chi connectivity index (χ3v) is 12.2. The standard InChI is InChI=1S/C47H73N5O6.C2HF3O2/c1-12-33(6)43(51(9)47(56)42(32(4)5)50-46(55)41(48-8)31(2)3)39(57-10)30-40(53)52-28-20-27-38(52)44(58-11)34(7)45(54)49-37(29-36-23-17-14-18-24-36)26-19-25-35-21-15-13-16-22-35;3-2(4,5)1(6)7/h13-19,21-24,26,31-34,37-39,41-44,48H,12,20,25,27-30H2,1-11H3,(H,49,54)(H,50,55);(H,6,7)/b26-19-;/t33-,34+,37+,38-,39+,41-,42-,43-,44+;/m0./s1. The topological polar surface area (TPSA) is 167 Å². The number of methoxy groups -OCH3 is 2. The van der Waals surface area contributed by atoms with Crippen molar-refractivity contribution in [1.29, 1.82) is 0 Å². The molecule has 4 amide bonds. The summed E-state index contributed by atoms with van der Waals surface area (Å²) in [5.41, 5.74) is 2.31. The lowest BCUT2D eigenvalue weighted by molar-refractivity contribution is -0.192. The number of likely N-dealkylation sites (N-methyl/N-ethyl adjacent to an activating group) is 2. The number of rotatable bonds is 23. The largest absolute Gasteiger partial charge is 0.490 e. The Labute approximate surface area is 384 Å². The Morgan fingerprint density at radius 2 is 1.42 bits per heavy atom. The second kappa shape index (κ2) is 27.6. The summed E-state index contributed by atoms with van der Waals surface area (Å²) in [7, 11) is 6.68. The molecule has 1 saturated heterocycles. The molecule has 364 valence electrons. The van der Waals surface area contributed by atoms with Crippen LogP contribution in [0.5, 0.6) is 0 Å². The van der Waals surface area contributed by atoms with Gasteiger partial charge in [0.2, 0.25) is 23.6 Å². The molecular formula is C49H74F3N5O8. The molecule has 0 unspecified atom stereocenters. The molecule has 2 aromatic rings. The maximum absolute atomic E-state index is 14.3. The predicted molar refractivity (Wildman–Crippen MR) is 246 cm³/mol. The van der Waals surface area contributed by atoms with Crippen LogP contribution in [0.3, 0.4) is 0 Å². The van der Waals surface area contributed by atoms with Gasteiger partial charge in [-0.2, -0.15) is 13.2 Å². The Kier molecular flexibility index (Phi) is 23.9. The van der Waals surface area contributed by atoms with E-state index in [9.17, 15) is 32.3 Å². The summed E-state index contributed by atoms with van der Waals surface area (Å²) in [5, 5.41) is 16.5. The molecular weight excluding hydrogens is 844 g/mol. The predicted octanol–water partition coefficient (Wildman–Crippen LogP) is 6.45. The Bertz CT molecular complexity index is 1800. The molecule has 9 atom stereocenters. The lowest BCUT2D eigenvalue weighted by atomic mass is 9.89. The first kappa shape index (κ1) is 56.3. The highest BCUT2D eigenvalue weighted by Crippen LogP contribution is 2.30. The number of carboxylic acid groups (broad SMARTS) is 1. The Balaban J connectivity index is 0.00000191. The lowest BCUT2D eigenvalue weighted by Crippen LogP contribution is -2.59. The number of hydrogen-bond donors (Lipinski definition) is 4. The maximum atomic E-state index is 14.3. The molecule has 1 aliphatic rings. The highest BCUT2D eigenvalue weighted by atomic mass is 19.4. The van der Waals surface area contributed by atoms with E-state index in [4.69, 9.17) is 19.4 Å². The fraction of sp³-hybridized carbons (Fsp3) is 0.612. The van der Waals surface area contributed by atoms with Crippen molar-refractivity contribution in [2.24, 2.45) is 23.7 Å². The number of aliphatic carboxylic acids is 1. The molecule has 4 N–H and O–H groups in total. The molecule has 1 heterocycles. The van der Waals surface area contributed by atoms with Crippen LogP contribution in [0.15, 0.2) is 72.8 Å². The summed E-state index contributed by atoms with van der Waals surface area (Å²) in [6.45, 7) is 14.3. The molecule has 1 fully saturated rings. The van der Waals surface area contributed by atoms with Gasteiger partial charge in [0, 0.05) is 27.8 Å². The van der Waals surface area contributed by atoms with Gasteiger partial charge in [-0.15, -0.1) is 0 Å². The molecule has 1 aliphatic heterocycles. The highest BCUT2D eigenvalue weighted by molar-refractivity contribution is 5.90. The Hall–Kier alpha value is -4.80. The molecule has 3 rings (SSSR count). The zero-order chi connectivity index (χ0) is 49.0. The van der Waals surface area contributed by atoms with Gasteiger partial charge in [-0.25, -0.2) is 4.79 Å².